The third-order valence-electron chi connectivity index (χ3n) is 2.82. The van der Waals surface area contributed by atoms with Gasteiger partial charge in [0.2, 0.25) is 5.28 Å². The molecule has 0 unspecified atom stereocenters. The number of aryl methyl sites for hydroxylation is 1. The number of hydrogen-bond donors (Lipinski definition) is 1. The van der Waals surface area contributed by atoms with Crippen molar-refractivity contribution in [2.24, 2.45) is 0 Å². The Balaban J connectivity index is 2.30. The zero-order valence-corrected chi connectivity index (χ0v) is 12.2. The van der Waals surface area contributed by atoms with E-state index in [-0.39, 0.29) is 5.28 Å². The van der Waals surface area contributed by atoms with Gasteiger partial charge in [-0.25, -0.2) is 4.98 Å². The van der Waals surface area contributed by atoms with E-state index in [1.807, 2.05) is 36.2 Å². The van der Waals surface area contributed by atoms with E-state index in [1.54, 1.807) is 6.92 Å². The summed E-state index contributed by atoms with van der Waals surface area (Å²) in [6.07, 6.45) is 0. The summed E-state index contributed by atoms with van der Waals surface area (Å²) in [5.74, 6) is 0.609. The van der Waals surface area contributed by atoms with Gasteiger partial charge in [-0.2, -0.15) is 4.98 Å². The molecule has 0 bridgehead atoms. The van der Waals surface area contributed by atoms with Gasteiger partial charge in [0.05, 0.1) is 11.4 Å². The van der Waals surface area contributed by atoms with Crippen molar-refractivity contribution in [1.82, 2.24) is 9.97 Å². The fraction of sp³-hybridized carbons (Fsp3) is 0.231. The number of nitrogen functional groups attached to an aromatic ring is 1. The molecule has 0 aliphatic heterocycles. The van der Waals surface area contributed by atoms with Crippen LogP contribution in [-0.4, -0.2) is 17.0 Å². The first-order chi connectivity index (χ1) is 8.99. The first-order valence-electron chi connectivity index (χ1n) is 5.73. The Morgan fingerprint density at radius 3 is 2.58 bits per heavy atom. The molecule has 0 amide bonds. The molecule has 0 saturated carbocycles. The van der Waals surface area contributed by atoms with Crippen molar-refractivity contribution in [1.29, 1.82) is 0 Å². The lowest BCUT2D eigenvalue weighted by molar-refractivity contribution is 0.890. The molecule has 0 spiro atoms. The summed E-state index contributed by atoms with van der Waals surface area (Å²) >= 11 is 12.0. The number of rotatable bonds is 3. The Bertz CT molecular complexity index is 601. The molecule has 0 saturated heterocycles. The summed E-state index contributed by atoms with van der Waals surface area (Å²) in [4.78, 5) is 10.1. The predicted octanol–water partition coefficient (Wildman–Crippen LogP) is 3.31. The average Bonchev–Trinajstić information content (AvgIpc) is 2.36. The molecule has 100 valence electrons. The lowest BCUT2D eigenvalue weighted by Crippen LogP contribution is -2.20. The Morgan fingerprint density at radius 2 is 1.89 bits per heavy atom. The van der Waals surface area contributed by atoms with Gasteiger partial charge in [-0.1, -0.05) is 29.8 Å². The molecule has 2 rings (SSSR count). The second kappa shape index (κ2) is 5.63. The normalized spacial score (nSPS) is 10.5. The minimum Gasteiger partial charge on any atom is -0.394 e. The molecule has 4 nitrogen and oxygen atoms in total. The van der Waals surface area contributed by atoms with E-state index in [9.17, 15) is 0 Å². The SMILES string of the molecule is Cc1nc(Cl)nc(N(C)Cc2ccccc2Cl)c1N. The van der Waals surface area contributed by atoms with Gasteiger partial charge in [-0.15, -0.1) is 0 Å². The molecule has 0 atom stereocenters. The Kier molecular flexibility index (Phi) is 4.12. The topological polar surface area (TPSA) is 55.0 Å². The van der Waals surface area contributed by atoms with E-state index < -0.39 is 0 Å². The lowest BCUT2D eigenvalue weighted by Gasteiger charge is -2.21. The molecule has 1 aromatic carbocycles. The summed E-state index contributed by atoms with van der Waals surface area (Å²) in [6.45, 7) is 2.40. The molecular weight excluding hydrogens is 283 g/mol. The van der Waals surface area contributed by atoms with E-state index in [0.717, 1.165) is 5.56 Å². The molecule has 2 aromatic rings. The summed E-state index contributed by atoms with van der Waals surface area (Å²) in [5.41, 5.74) is 8.18. The van der Waals surface area contributed by atoms with Crippen molar-refractivity contribution >= 4 is 34.7 Å². The summed E-state index contributed by atoms with van der Waals surface area (Å²) in [7, 11) is 1.89. The summed E-state index contributed by atoms with van der Waals surface area (Å²) < 4.78 is 0. The second-order valence-corrected chi connectivity index (χ2v) is 5.01. The highest BCUT2D eigenvalue weighted by Gasteiger charge is 2.13. The fourth-order valence-corrected chi connectivity index (χ4v) is 2.18. The molecule has 2 N–H and O–H groups in total. The highest BCUT2D eigenvalue weighted by atomic mass is 35.5. The average molecular weight is 297 g/mol. The van der Waals surface area contributed by atoms with Crippen LogP contribution in [0.1, 0.15) is 11.3 Å². The van der Waals surface area contributed by atoms with Crippen molar-refractivity contribution in [3.63, 3.8) is 0 Å². The Labute approximate surface area is 122 Å². The summed E-state index contributed by atoms with van der Waals surface area (Å²) in [6, 6.07) is 7.65. The monoisotopic (exact) mass is 296 g/mol. The molecule has 0 radical (unpaired) electrons. The fourth-order valence-electron chi connectivity index (χ4n) is 1.78. The number of benzene rings is 1. The van der Waals surface area contributed by atoms with E-state index in [4.69, 9.17) is 28.9 Å². The van der Waals surface area contributed by atoms with E-state index in [1.165, 1.54) is 0 Å². The standard InChI is InChI=1S/C13H14Cl2N4/c1-8-11(16)12(18-13(15)17-8)19(2)7-9-5-3-4-6-10(9)14/h3-6H,7,16H2,1-2H3. The predicted molar refractivity (Wildman–Crippen MR) is 79.8 cm³/mol. The van der Waals surface area contributed by atoms with Crippen LogP contribution >= 0.6 is 23.2 Å². The maximum Gasteiger partial charge on any atom is 0.224 e. The number of hydrogen-bond acceptors (Lipinski definition) is 4. The number of halogens is 2. The van der Waals surface area contributed by atoms with Crippen LogP contribution in [0, 0.1) is 6.92 Å². The largest absolute Gasteiger partial charge is 0.394 e. The van der Waals surface area contributed by atoms with Crippen LogP contribution in [0.2, 0.25) is 10.3 Å². The van der Waals surface area contributed by atoms with Gasteiger partial charge in [0.25, 0.3) is 0 Å². The van der Waals surface area contributed by atoms with Gasteiger partial charge in [0.1, 0.15) is 0 Å². The third-order valence-corrected chi connectivity index (χ3v) is 3.35. The number of nitrogens with zero attached hydrogens (tertiary/aromatic N) is 3. The molecule has 1 heterocycles. The minimum atomic E-state index is 0.188. The van der Waals surface area contributed by atoms with Crippen molar-refractivity contribution in [2.45, 2.75) is 13.5 Å². The Morgan fingerprint density at radius 1 is 1.21 bits per heavy atom. The Hall–Kier alpha value is -1.52. The molecular formula is C13H14Cl2N4. The van der Waals surface area contributed by atoms with Crippen LogP contribution in [0.25, 0.3) is 0 Å². The third kappa shape index (κ3) is 3.08. The molecule has 0 aliphatic rings. The van der Waals surface area contributed by atoms with Crippen molar-refractivity contribution in [3.05, 3.63) is 45.8 Å². The van der Waals surface area contributed by atoms with Crippen LogP contribution in [0.3, 0.4) is 0 Å². The van der Waals surface area contributed by atoms with Gasteiger partial charge in [-0.05, 0) is 30.2 Å². The zero-order chi connectivity index (χ0) is 14.0. The van der Waals surface area contributed by atoms with E-state index in [2.05, 4.69) is 9.97 Å². The van der Waals surface area contributed by atoms with Gasteiger partial charge in [0, 0.05) is 18.6 Å². The van der Waals surface area contributed by atoms with Crippen molar-refractivity contribution in [2.75, 3.05) is 17.7 Å². The van der Waals surface area contributed by atoms with Crippen LogP contribution in [0.15, 0.2) is 24.3 Å². The van der Waals surface area contributed by atoms with E-state index >= 15 is 0 Å². The molecule has 1 aromatic heterocycles. The first kappa shape index (κ1) is 13.9. The van der Waals surface area contributed by atoms with Gasteiger partial charge >= 0.3 is 0 Å². The summed E-state index contributed by atoms with van der Waals surface area (Å²) in [5, 5.41) is 0.900. The number of nitrogens with two attached hydrogens (primary N) is 1. The smallest absolute Gasteiger partial charge is 0.224 e. The number of aromatic nitrogens is 2. The highest BCUT2D eigenvalue weighted by Crippen LogP contribution is 2.26. The van der Waals surface area contributed by atoms with Crippen LogP contribution in [0.4, 0.5) is 11.5 Å². The molecule has 0 fully saturated rings. The lowest BCUT2D eigenvalue weighted by atomic mass is 10.2. The van der Waals surface area contributed by atoms with Crippen molar-refractivity contribution < 1.29 is 0 Å². The van der Waals surface area contributed by atoms with Crippen LogP contribution < -0.4 is 10.6 Å². The van der Waals surface area contributed by atoms with E-state index in [0.29, 0.717) is 28.8 Å². The maximum atomic E-state index is 6.14. The number of anilines is 2. The zero-order valence-electron chi connectivity index (χ0n) is 10.7. The van der Waals surface area contributed by atoms with Crippen LogP contribution in [-0.2, 0) is 6.54 Å². The maximum absolute atomic E-state index is 6.14. The molecule has 6 heteroatoms. The van der Waals surface area contributed by atoms with Crippen molar-refractivity contribution in [3.8, 4) is 0 Å². The van der Waals surface area contributed by atoms with Gasteiger partial charge in [0.15, 0.2) is 5.82 Å². The van der Waals surface area contributed by atoms with Gasteiger partial charge in [-0.3, -0.25) is 0 Å². The molecule has 0 aliphatic carbocycles. The van der Waals surface area contributed by atoms with Crippen LogP contribution in [0.5, 0.6) is 0 Å². The second-order valence-electron chi connectivity index (χ2n) is 4.26. The quantitative estimate of drug-likeness (QED) is 0.883. The van der Waals surface area contributed by atoms with Gasteiger partial charge < -0.3 is 10.6 Å². The first-order valence-corrected chi connectivity index (χ1v) is 6.48. The highest BCUT2D eigenvalue weighted by molar-refractivity contribution is 6.31. The molecule has 19 heavy (non-hydrogen) atoms. The minimum absolute atomic E-state index is 0.188.